The highest BCUT2D eigenvalue weighted by molar-refractivity contribution is 5.37. The number of alkyl halides is 17. The molecular formula is C9HF17N2. The van der Waals surface area contributed by atoms with E-state index in [0.717, 1.165) is 4.99 Å². The van der Waals surface area contributed by atoms with Gasteiger partial charge in [-0.05, 0) is 0 Å². The van der Waals surface area contributed by atoms with Gasteiger partial charge in [-0.25, -0.2) is 5.41 Å². The van der Waals surface area contributed by atoms with Gasteiger partial charge in [0.1, 0.15) is 0 Å². The molecule has 166 valence electrons. The van der Waals surface area contributed by atoms with Crippen LogP contribution in [0.3, 0.4) is 0 Å². The van der Waals surface area contributed by atoms with E-state index in [1.54, 1.807) is 0 Å². The fourth-order valence-corrected chi connectivity index (χ4v) is 1.30. The average molecular weight is 460 g/mol. The smallest absolute Gasteiger partial charge is 0.241 e. The maximum Gasteiger partial charge on any atom is 0.460 e. The Balaban J connectivity index is 6.76. The molecule has 0 unspecified atom stereocenters. The van der Waals surface area contributed by atoms with Gasteiger partial charge in [0.05, 0.1) is 6.01 Å². The Bertz CT molecular complexity index is 638. The molecule has 0 saturated heterocycles. The first-order chi connectivity index (χ1) is 11.8. The second kappa shape index (κ2) is 6.35. The molecule has 0 heterocycles. The maximum absolute atomic E-state index is 13.1. The van der Waals surface area contributed by atoms with E-state index in [9.17, 15) is 74.6 Å². The third kappa shape index (κ3) is 3.06. The van der Waals surface area contributed by atoms with E-state index in [1.807, 2.05) is 0 Å². The summed E-state index contributed by atoms with van der Waals surface area (Å²) in [5.41, 5.74) is 0. The molecule has 19 heteroatoms. The highest BCUT2D eigenvalue weighted by Gasteiger charge is 2.95. The van der Waals surface area contributed by atoms with Crippen molar-refractivity contribution in [3.63, 3.8) is 0 Å². The summed E-state index contributed by atoms with van der Waals surface area (Å²) < 4.78 is 215. The van der Waals surface area contributed by atoms with E-state index in [0.29, 0.717) is 0 Å². The van der Waals surface area contributed by atoms with Crippen LogP contribution in [-0.2, 0) is 0 Å². The Labute approximate surface area is 140 Å². The van der Waals surface area contributed by atoms with Crippen molar-refractivity contribution in [3.05, 3.63) is 0 Å². The van der Waals surface area contributed by atoms with Crippen LogP contribution >= 0.6 is 0 Å². The van der Waals surface area contributed by atoms with Crippen LogP contribution in [0.4, 0.5) is 74.6 Å². The lowest BCUT2D eigenvalue weighted by Crippen LogP contribution is -2.74. The fourth-order valence-electron chi connectivity index (χ4n) is 1.30. The lowest BCUT2D eigenvalue weighted by Gasteiger charge is -2.42. The molecule has 0 aliphatic rings. The minimum atomic E-state index is -8.67. The van der Waals surface area contributed by atoms with Gasteiger partial charge in [0, 0.05) is 0 Å². The van der Waals surface area contributed by atoms with Gasteiger partial charge in [0.15, 0.2) is 0 Å². The Morgan fingerprint density at radius 2 is 0.679 bits per heavy atom. The van der Waals surface area contributed by atoms with E-state index < -0.39 is 47.8 Å². The van der Waals surface area contributed by atoms with E-state index in [1.165, 1.54) is 0 Å². The van der Waals surface area contributed by atoms with Crippen LogP contribution < -0.4 is 0 Å². The summed E-state index contributed by atoms with van der Waals surface area (Å²) in [6, 6.07) is -7.02. The number of hydrogen-bond donors (Lipinski definition) is 1. The zero-order valence-electron chi connectivity index (χ0n) is 11.9. The fraction of sp³-hybridized carbons (Fsp3) is 0.889. The van der Waals surface area contributed by atoms with Crippen LogP contribution in [0.1, 0.15) is 0 Å². The maximum atomic E-state index is 13.1. The summed E-state index contributed by atoms with van der Waals surface area (Å²) >= 11 is 0. The van der Waals surface area contributed by atoms with Crippen LogP contribution in [-0.4, -0.2) is 53.8 Å². The third-order valence-corrected chi connectivity index (χ3v) is 2.90. The van der Waals surface area contributed by atoms with Crippen LogP contribution in [0.5, 0.6) is 0 Å². The molecule has 0 atom stereocenters. The topological polar surface area (TPSA) is 36.2 Å². The standard InChI is InChI=1S/C9HF17N2/c10-2(11,4(14,15)6(18,19)8(22,23)24)3(12,13)5(16,17)7(20,21)9(25,26)28-1-27/h27H. The van der Waals surface area contributed by atoms with Crippen molar-refractivity contribution in [2.24, 2.45) is 4.99 Å². The van der Waals surface area contributed by atoms with Crippen molar-refractivity contribution in [2.45, 2.75) is 47.8 Å². The number of aliphatic imine (C=N–C) groups is 1. The van der Waals surface area contributed by atoms with Gasteiger partial charge in [-0.15, -0.1) is 4.99 Å². The molecule has 2 nitrogen and oxygen atoms in total. The molecule has 0 amide bonds. The Hall–Kier alpha value is -1.81. The highest BCUT2D eigenvalue weighted by atomic mass is 19.4. The van der Waals surface area contributed by atoms with Crippen molar-refractivity contribution < 1.29 is 74.6 Å². The van der Waals surface area contributed by atoms with E-state index in [-0.39, 0.29) is 6.01 Å². The quantitative estimate of drug-likeness (QED) is 0.288. The molecule has 1 N–H and O–H groups in total. The van der Waals surface area contributed by atoms with Gasteiger partial charge in [-0.2, -0.15) is 74.6 Å². The van der Waals surface area contributed by atoms with Crippen LogP contribution in [0.25, 0.3) is 0 Å². The molecule has 0 fully saturated rings. The molecule has 0 radical (unpaired) electrons. The zero-order chi connectivity index (χ0) is 23.4. The summed E-state index contributed by atoms with van der Waals surface area (Å²) in [6.45, 7) is 0. The molecule has 0 spiro atoms. The third-order valence-electron chi connectivity index (χ3n) is 2.90. The Morgan fingerprint density at radius 3 is 0.929 bits per heavy atom. The van der Waals surface area contributed by atoms with E-state index in [4.69, 9.17) is 5.41 Å². The van der Waals surface area contributed by atoms with Gasteiger partial charge < -0.3 is 0 Å². The van der Waals surface area contributed by atoms with E-state index >= 15 is 0 Å². The van der Waals surface area contributed by atoms with Crippen LogP contribution in [0.2, 0.25) is 0 Å². The van der Waals surface area contributed by atoms with Crippen molar-refractivity contribution in [3.8, 4) is 0 Å². The largest absolute Gasteiger partial charge is 0.460 e. The molecule has 0 bridgehead atoms. The SMILES string of the molecule is N=C=NC(F)(F)C(F)(F)C(F)(F)C(F)(F)C(F)(F)C(F)(F)C(F)(F)C(F)(F)F. The van der Waals surface area contributed by atoms with Crippen LogP contribution in [0.15, 0.2) is 4.99 Å². The second-order valence-electron chi connectivity index (χ2n) is 4.71. The first kappa shape index (κ1) is 26.2. The molecule has 0 aromatic heterocycles. The van der Waals surface area contributed by atoms with Crippen molar-refractivity contribution in [2.75, 3.05) is 0 Å². The minimum absolute atomic E-state index is 0.0869. The van der Waals surface area contributed by atoms with Gasteiger partial charge in [0.2, 0.25) is 0 Å². The Kier molecular flexibility index (Phi) is 5.94. The number of halogens is 17. The molecule has 0 aliphatic heterocycles. The first-order valence-corrected chi connectivity index (χ1v) is 5.66. The predicted octanol–water partition coefficient (Wildman–Crippen LogP) is 5.71. The Morgan fingerprint density at radius 1 is 0.429 bits per heavy atom. The average Bonchev–Trinajstić information content (AvgIpc) is 2.44. The number of hydrogen-bond acceptors (Lipinski definition) is 2. The minimum Gasteiger partial charge on any atom is -0.241 e. The summed E-state index contributed by atoms with van der Waals surface area (Å²) in [6.07, 6.45) is -7.79. The highest BCUT2D eigenvalue weighted by Crippen LogP contribution is 2.63. The lowest BCUT2D eigenvalue weighted by molar-refractivity contribution is -0.461. The number of rotatable bonds is 7. The van der Waals surface area contributed by atoms with E-state index in [2.05, 4.69) is 0 Å². The van der Waals surface area contributed by atoms with Crippen molar-refractivity contribution >= 4 is 6.01 Å². The molecule has 0 aromatic rings. The number of nitrogens with zero attached hydrogens (tertiary/aromatic N) is 1. The lowest BCUT2D eigenvalue weighted by atomic mass is 9.90. The summed E-state index contributed by atoms with van der Waals surface area (Å²) in [5.74, 6) is -50.3. The molecule has 0 aromatic carbocycles. The second-order valence-corrected chi connectivity index (χ2v) is 4.71. The van der Waals surface area contributed by atoms with Crippen molar-refractivity contribution in [1.82, 2.24) is 0 Å². The van der Waals surface area contributed by atoms with Gasteiger partial charge >= 0.3 is 47.8 Å². The molecule has 0 rings (SSSR count). The molecule has 0 saturated carbocycles. The summed E-state index contributed by atoms with van der Waals surface area (Å²) in [7, 11) is 0. The molecule has 28 heavy (non-hydrogen) atoms. The zero-order valence-corrected chi connectivity index (χ0v) is 11.9. The monoisotopic (exact) mass is 460 g/mol. The normalized spacial score (nSPS) is 16.0. The summed E-state index contributed by atoms with van der Waals surface area (Å²) in [4.78, 5) is 0.800. The molecular weight excluding hydrogens is 459 g/mol. The van der Waals surface area contributed by atoms with Crippen molar-refractivity contribution in [1.29, 1.82) is 5.41 Å². The van der Waals surface area contributed by atoms with Gasteiger partial charge in [-0.3, -0.25) is 0 Å². The molecule has 0 aliphatic carbocycles. The number of nitrogens with one attached hydrogen (secondary N) is 1. The predicted molar refractivity (Wildman–Crippen MR) is 50.8 cm³/mol. The first-order valence-electron chi connectivity index (χ1n) is 5.66. The van der Waals surface area contributed by atoms with Gasteiger partial charge in [0.25, 0.3) is 0 Å². The summed E-state index contributed by atoms with van der Waals surface area (Å²) in [5, 5.41) is 5.72. The van der Waals surface area contributed by atoms with Crippen LogP contribution in [0, 0.1) is 5.41 Å². The van der Waals surface area contributed by atoms with Gasteiger partial charge in [-0.1, -0.05) is 0 Å².